The summed E-state index contributed by atoms with van der Waals surface area (Å²) in [6.45, 7) is 4.37. The minimum absolute atomic E-state index is 0.128. The van der Waals surface area contributed by atoms with Crippen molar-refractivity contribution in [1.82, 2.24) is 29.4 Å². The van der Waals surface area contributed by atoms with E-state index in [1.807, 2.05) is 55.1 Å². The van der Waals surface area contributed by atoms with E-state index in [9.17, 15) is 4.79 Å². The summed E-state index contributed by atoms with van der Waals surface area (Å²) in [6, 6.07) is 9.60. The SMILES string of the molecule is Cc1nc2nc(N)nn2c(C)c1CC(=O)Nc1cccc(Cn2cccn2)c1. The minimum Gasteiger partial charge on any atom is -0.366 e. The zero-order chi connectivity index (χ0) is 19.7. The first-order chi connectivity index (χ1) is 13.5. The number of nitrogens with one attached hydrogen (secondary N) is 1. The van der Waals surface area contributed by atoms with Gasteiger partial charge in [0, 0.05) is 35.0 Å². The maximum Gasteiger partial charge on any atom is 0.254 e. The van der Waals surface area contributed by atoms with E-state index in [2.05, 4.69) is 25.5 Å². The summed E-state index contributed by atoms with van der Waals surface area (Å²) < 4.78 is 3.40. The van der Waals surface area contributed by atoms with E-state index >= 15 is 0 Å². The number of carbonyl (C=O) groups is 1. The van der Waals surface area contributed by atoms with Crippen LogP contribution in [0.2, 0.25) is 0 Å². The molecule has 0 saturated carbocycles. The lowest BCUT2D eigenvalue weighted by Gasteiger charge is -2.11. The smallest absolute Gasteiger partial charge is 0.254 e. The summed E-state index contributed by atoms with van der Waals surface area (Å²) in [5, 5.41) is 11.3. The van der Waals surface area contributed by atoms with Gasteiger partial charge < -0.3 is 11.1 Å². The summed E-state index contributed by atoms with van der Waals surface area (Å²) in [5.74, 6) is 0.463. The van der Waals surface area contributed by atoms with Crippen molar-refractivity contribution in [3.05, 3.63) is 65.2 Å². The monoisotopic (exact) mass is 376 g/mol. The van der Waals surface area contributed by atoms with Gasteiger partial charge in [-0.1, -0.05) is 12.1 Å². The summed E-state index contributed by atoms with van der Waals surface area (Å²) in [4.78, 5) is 21.1. The standard InChI is InChI=1S/C19H20N8O/c1-12-16(13(2)27-19(22-12)24-18(20)25-27)10-17(28)23-15-6-3-5-14(9-15)11-26-8-4-7-21-26/h3-9H,10-11H2,1-2H3,(H2,20,25)(H,23,28). The molecule has 4 rings (SSSR count). The maximum absolute atomic E-state index is 12.6. The van der Waals surface area contributed by atoms with Crippen LogP contribution in [-0.2, 0) is 17.8 Å². The number of amides is 1. The zero-order valence-electron chi connectivity index (χ0n) is 15.6. The number of carbonyl (C=O) groups excluding carboxylic acids is 1. The highest BCUT2D eigenvalue weighted by Crippen LogP contribution is 2.17. The number of nitrogens with zero attached hydrogens (tertiary/aromatic N) is 6. The second kappa shape index (κ2) is 7.10. The topological polar surface area (TPSA) is 116 Å². The molecular formula is C19H20N8O. The van der Waals surface area contributed by atoms with E-state index < -0.39 is 0 Å². The summed E-state index contributed by atoms with van der Waals surface area (Å²) >= 11 is 0. The molecule has 0 unspecified atom stereocenters. The molecule has 1 aromatic carbocycles. The highest BCUT2D eigenvalue weighted by Gasteiger charge is 2.15. The molecule has 142 valence electrons. The molecule has 9 nitrogen and oxygen atoms in total. The van der Waals surface area contributed by atoms with Crippen LogP contribution in [0.4, 0.5) is 11.6 Å². The fourth-order valence-corrected chi connectivity index (χ4v) is 3.17. The molecule has 0 aliphatic rings. The maximum atomic E-state index is 12.6. The molecule has 0 fully saturated rings. The zero-order valence-corrected chi connectivity index (χ0v) is 15.6. The van der Waals surface area contributed by atoms with Gasteiger partial charge in [-0.25, -0.2) is 4.98 Å². The van der Waals surface area contributed by atoms with E-state index in [1.54, 1.807) is 10.7 Å². The summed E-state index contributed by atoms with van der Waals surface area (Å²) in [6.07, 6.45) is 3.82. The van der Waals surface area contributed by atoms with Gasteiger partial charge in [-0.2, -0.15) is 14.6 Å². The average molecular weight is 376 g/mol. The predicted octanol–water partition coefficient (Wildman–Crippen LogP) is 1.75. The molecule has 28 heavy (non-hydrogen) atoms. The molecule has 0 aliphatic carbocycles. The number of nitrogens with two attached hydrogens (primary N) is 1. The fraction of sp³-hybridized carbons (Fsp3) is 0.211. The van der Waals surface area contributed by atoms with Crippen molar-refractivity contribution in [3.63, 3.8) is 0 Å². The van der Waals surface area contributed by atoms with Gasteiger partial charge in [0.1, 0.15) is 0 Å². The number of aromatic nitrogens is 6. The largest absolute Gasteiger partial charge is 0.366 e. The van der Waals surface area contributed by atoms with Crippen LogP contribution in [0.5, 0.6) is 0 Å². The first-order valence-corrected chi connectivity index (χ1v) is 8.84. The Labute approximate surface area is 161 Å². The number of fused-ring (bicyclic) bond motifs is 1. The molecule has 3 aromatic heterocycles. The first-order valence-electron chi connectivity index (χ1n) is 8.84. The highest BCUT2D eigenvalue weighted by molar-refractivity contribution is 5.92. The molecule has 0 atom stereocenters. The number of hydrogen-bond acceptors (Lipinski definition) is 6. The number of anilines is 2. The fourth-order valence-electron chi connectivity index (χ4n) is 3.17. The highest BCUT2D eigenvalue weighted by atomic mass is 16.1. The number of nitrogen functional groups attached to an aromatic ring is 1. The number of benzene rings is 1. The molecule has 0 bridgehead atoms. The first kappa shape index (κ1) is 17.7. The quantitative estimate of drug-likeness (QED) is 0.548. The van der Waals surface area contributed by atoms with Gasteiger partial charge in [-0.3, -0.25) is 9.48 Å². The van der Waals surface area contributed by atoms with Crippen molar-refractivity contribution in [3.8, 4) is 0 Å². The third kappa shape index (κ3) is 3.54. The molecule has 9 heteroatoms. The van der Waals surface area contributed by atoms with Crippen molar-refractivity contribution in [2.45, 2.75) is 26.8 Å². The molecule has 0 spiro atoms. The van der Waals surface area contributed by atoms with E-state index in [0.717, 1.165) is 28.2 Å². The lowest BCUT2D eigenvalue weighted by molar-refractivity contribution is -0.115. The third-order valence-corrected chi connectivity index (χ3v) is 4.52. The Morgan fingerprint density at radius 3 is 2.86 bits per heavy atom. The Morgan fingerprint density at radius 2 is 2.07 bits per heavy atom. The van der Waals surface area contributed by atoms with Gasteiger partial charge in [-0.05, 0) is 37.6 Å². The second-order valence-corrected chi connectivity index (χ2v) is 6.57. The molecular weight excluding hydrogens is 356 g/mol. The van der Waals surface area contributed by atoms with Gasteiger partial charge >= 0.3 is 0 Å². The van der Waals surface area contributed by atoms with Gasteiger partial charge in [0.25, 0.3) is 5.78 Å². The number of aryl methyl sites for hydroxylation is 2. The van der Waals surface area contributed by atoms with Crippen LogP contribution in [0.25, 0.3) is 5.78 Å². The molecule has 0 radical (unpaired) electrons. The Balaban J connectivity index is 1.51. The van der Waals surface area contributed by atoms with Crippen molar-refractivity contribution in [2.24, 2.45) is 0 Å². The Kier molecular flexibility index (Phi) is 4.48. The van der Waals surface area contributed by atoms with Crippen molar-refractivity contribution < 1.29 is 4.79 Å². The van der Waals surface area contributed by atoms with E-state index in [0.29, 0.717) is 12.3 Å². The van der Waals surface area contributed by atoms with Crippen LogP contribution in [0, 0.1) is 13.8 Å². The molecule has 3 heterocycles. The normalized spacial score (nSPS) is 11.1. The van der Waals surface area contributed by atoms with Gasteiger partial charge in [0.15, 0.2) is 0 Å². The minimum atomic E-state index is -0.128. The van der Waals surface area contributed by atoms with Crippen LogP contribution in [0.15, 0.2) is 42.7 Å². The molecule has 0 aliphatic heterocycles. The Hall–Kier alpha value is -3.75. The van der Waals surface area contributed by atoms with Gasteiger partial charge in [0.05, 0.1) is 13.0 Å². The summed E-state index contributed by atoms with van der Waals surface area (Å²) in [7, 11) is 0. The van der Waals surface area contributed by atoms with Crippen LogP contribution < -0.4 is 11.1 Å². The van der Waals surface area contributed by atoms with Crippen molar-refractivity contribution in [2.75, 3.05) is 11.1 Å². The lowest BCUT2D eigenvalue weighted by Crippen LogP contribution is -2.18. The van der Waals surface area contributed by atoms with Crippen LogP contribution in [0.3, 0.4) is 0 Å². The average Bonchev–Trinajstić information content (AvgIpc) is 3.28. The van der Waals surface area contributed by atoms with Crippen LogP contribution in [-0.4, -0.2) is 35.3 Å². The van der Waals surface area contributed by atoms with Crippen molar-refractivity contribution in [1.29, 1.82) is 0 Å². The second-order valence-electron chi connectivity index (χ2n) is 6.57. The van der Waals surface area contributed by atoms with Crippen LogP contribution >= 0.6 is 0 Å². The summed E-state index contributed by atoms with van der Waals surface area (Å²) in [5.41, 5.74) is 9.79. The molecule has 4 aromatic rings. The molecule has 1 amide bonds. The Bertz CT molecular complexity index is 1150. The Morgan fingerprint density at radius 1 is 1.21 bits per heavy atom. The van der Waals surface area contributed by atoms with Gasteiger partial charge in [-0.15, -0.1) is 5.10 Å². The molecule has 0 saturated heterocycles. The van der Waals surface area contributed by atoms with Crippen molar-refractivity contribution >= 4 is 23.3 Å². The predicted molar refractivity (Wildman–Crippen MR) is 105 cm³/mol. The molecule has 3 N–H and O–H groups in total. The van der Waals surface area contributed by atoms with E-state index in [4.69, 9.17) is 5.73 Å². The number of hydrogen-bond donors (Lipinski definition) is 2. The number of rotatable bonds is 5. The van der Waals surface area contributed by atoms with E-state index in [1.165, 1.54) is 0 Å². The third-order valence-electron chi connectivity index (χ3n) is 4.52. The van der Waals surface area contributed by atoms with E-state index in [-0.39, 0.29) is 18.3 Å². The van der Waals surface area contributed by atoms with Crippen LogP contribution in [0.1, 0.15) is 22.5 Å². The van der Waals surface area contributed by atoms with Gasteiger partial charge in [0.2, 0.25) is 11.9 Å². The lowest BCUT2D eigenvalue weighted by atomic mass is 10.1.